The number of nitrogens with two attached hydrogens (primary N) is 1. The second-order valence-electron chi connectivity index (χ2n) is 4.65. The number of aryl methyl sites for hydroxylation is 1. The molecule has 2 aromatic rings. The topological polar surface area (TPSA) is 51.3 Å². The Morgan fingerprint density at radius 2 is 1.82 bits per heavy atom. The van der Waals surface area contributed by atoms with Crippen LogP contribution in [0.5, 0.6) is 0 Å². The number of carbonyl (C=O) groups excluding carboxylic acids is 1. The van der Waals surface area contributed by atoms with Gasteiger partial charge in [-0.1, -0.05) is 45.9 Å². The van der Waals surface area contributed by atoms with E-state index in [2.05, 4.69) is 23.6 Å². The van der Waals surface area contributed by atoms with Crippen molar-refractivity contribution in [2.45, 2.75) is 54.0 Å². The zero-order chi connectivity index (χ0) is 16.7. The normalized spacial score (nSPS) is 12.7. The summed E-state index contributed by atoms with van der Waals surface area (Å²) in [6.07, 6.45) is 1.99. The number of para-hydroxylation sites is 1. The molecular formula is C18H29N3O. The molecule has 4 nitrogen and oxygen atoms in total. The molecule has 22 heavy (non-hydrogen) atoms. The van der Waals surface area contributed by atoms with Crippen LogP contribution in [0.15, 0.2) is 24.3 Å². The van der Waals surface area contributed by atoms with Crippen molar-refractivity contribution in [1.82, 2.24) is 4.57 Å². The van der Waals surface area contributed by atoms with Crippen molar-refractivity contribution < 1.29 is 4.79 Å². The van der Waals surface area contributed by atoms with Gasteiger partial charge in [-0.2, -0.15) is 0 Å². The average Bonchev–Trinajstić information content (AvgIpc) is 2.92. The molecule has 0 bridgehead atoms. The van der Waals surface area contributed by atoms with E-state index in [-0.39, 0.29) is 6.03 Å². The fourth-order valence-electron chi connectivity index (χ4n) is 2.99. The molecule has 0 saturated carbocycles. The highest BCUT2D eigenvalue weighted by atomic mass is 16.2. The van der Waals surface area contributed by atoms with E-state index in [4.69, 9.17) is 5.73 Å². The number of primary amides is 1. The van der Waals surface area contributed by atoms with E-state index < -0.39 is 0 Å². The molecule has 2 N–H and O–H groups in total. The largest absolute Gasteiger partial charge is 0.351 e. The highest BCUT2D eigenvalue weighted by molar-refractivity contribution is 6.04. The van der Waals surface area contributed by atoms with Gasteiger partial charge in [-0.05, 0) is 25.8 Å². The number of amides is 2. The fraction of sp³-hybridized carbons (Fsp3) is 0.500. The first kappa shape index (κ1) is 18.1. The summed E-state index contributed by atoms with van der Waals surface area (Å²) in [6, 6.07) is 7.87. The molecule has 2 amide bonds. The minimum Gasteiger partial charge on any atom is -0.351 e. The van der Waals surface area contributed by atoms with Crippen LogP contribution >= 0.6 is 0 Å². The molecule has 0 aliphatic carbocycles. The van der Waals surface area contributed by atoms with Gasteiger partial charge in [0.1, 0.15) is 0 Å². The van der Waals surface area contributed by atoms with Crippen LogP contribution in [0.1, 0.15) is 46.7 Å². The second kappa shape index (κ2) is 8.47. The molecule has 1 aliphatic heterocycles. The van der Waals surface area contributed by atoms with Crippen LogP contribution < -0.4 is 10.6 Å². The lowest BCUT2D eigenvalue weighted by Crippen LogP contribution is -2.39. The van der Waals surface area contributed by atoms with Crippen LogP contribution in [0, 0.1) is 0 Å². The Kier molecular flexibility index (Phi) is 6.96. The van der Waals surface area contributed by atoms with Crippen molar-refractivity contribution in [3.8, 4) is 0 Å². The summed E-state index contributed by atoms with van der Waals surface area (Å²) in [5.74, 6) is 0. The number of fused-ring (bicyclic) bond motifs is 3. The molecule has 0 fully saturated rings. The molecule has 0 saturated heterocycles. The summed E-state index contributed by atoms with van der Waals surface area (Å²) < 4.78 is 2.29. The molecule has 4 heteroatoms. The first-order chi connectivity index (χ1) is 10.7. The maximum atomic E-state index is 11.6. The van der Waals surface area contributed by atoms with Gasteiger partial charge in [0.05, 0.1) is 11.2 Å². The van der Waals surface area contributed by atoms with Crippen molar-refractivity contribution in [1.29, 1.82) is 0 Å². The van der Waals surface area contributed by atoms with Crippen LogP contribution in [-0.4, -0.2) is 17.1 Å². The Morgan fingerprint density at radius 1 is 1.18 bits per heavy atom. The first-order valence-electron chi connectivity index (χ1n) is 8.41. The lowest BCUT2D eigenvalue weighted by molar-refractivity contribution is 0.253. The summed E-state index contributed by atoms with van der Waals surface area (Å²) in [4.78, 5) is 13.3. The van der Waals surface area contributed by atoms with E-state index in [0.717, 1.165) is 37.0 Å². The van der Waals surface area contributed by atoms with Crippen LogP contribution in [0.25, 0.3) is 10.9 Å². The first-order valence-corrected chi connectivity index (χ1v) is 8.41. The van der Waals surface area contributed by atoms with Crippen molar-refractivity contribution in [2.24, 2.45) is 5.73 Å². The van der Waals surface area contributed by atoms with Gasteiger partial charge in [-0.15, -0.1) is 0 Å². The van der Waals surface area contributed by atoms with Gasteiger partial charge in [0.15, 0.2) is 0 Å². The maximum Gasteiger partial charge on any atom is 0.319 e. The Morgan fingerprint density at radius 3 is 2.41 bits per heavy atom. The van der Waals surface area contributed by atoms with E-state index in [1.807, 2.05) is 39.8 Å². The second-order valence-corrected chi connectivity index (χ2v) is 4.65. The summed E-state index contributed by atoms with van der Waals surface area (Å²) in [6.45, 7) is 11.8. The minimum absolute atomic E-state index is 0.352. The van der Waals surface area contributed by atoms with E-state index in [9.17, 15) is 4.79 Å². The minimum atomic E-state index is -0.352. The lowest BCUT2D eigenvalue weighted by atomic mass is 10.1. The van der Waals surface area contributed by atoms with Gasteiger partial charge < -0.3 is 10.3 Å². The molecule has 0 spiro atoms. The van der Waals surface area contributed by atoms with Gasteiger partial charge in [-0.3, -0.25) is 4.90 Å². The molecule has 3 rings (SSSR count). The van der Waals surface area contributed by atoms with Gasteiger partial charge >= 0.3 is 6.03 Å². The summed E-state index contributed by atoms with van der Waals surface area (Å²) in [5, 5.41) is 1.13. The molecule has 0 unspecified atom stereocenters. The predicted molar refractivity (Wildman–Crippen MR) is 95.6 cm³/mol. The highest BCUT2D eigenvalue weighted by Gasteiger charge is 2.27. The Hall–Kier alpha value is -1.97. The van der Waals surface area contributed by atoms with Crippen LogP contribution in [-0.2, 0) is 13.0 Å². The van der Waals surface area contributed by atoms with Gasteiger partial charge in [0.2, 0.25) is 0 Å². The number of nitrogens with zero attached hydrogens (tertiary/aromatic N) is 2. The van der Waals surface area contributed by atoms with Crippen molar-refractivity contribution >= 4 is 22.6 Å². The molecule has 122 valence electrons. The third-order valence-corrected chi connectivity index (χ3v) is 3.70. The van der Waals surface area contributed by atoms with E-state index in [1.54, 1.807) is 4.90 Å². The van der Waals surface area contributed by atoms with Crippen molar-refractivity contribution in [2.75, 3.05) is 11.4 Å². The lowest BCUT2D eigenvalue weighted by Gasteiger charge is -2.26. The van der Waals surface area contributed by atoms with E-state index in [0.29, 0.717) is 0 Å². The molecule has 1 aromatic heterocycles. The van der Waals surface area contributed by atoms with Crippen LogP contribution in [0.2, 0.25) is 0 Å². The van der Waals surface area contributed by atoms with Gasteiger partial charge in [0.25, 0.3) is 0 Å². The smallest absolute Gasteiger partial charge is 0.319 e. The number of carbonyl (C=O) groups is 1. The standard InChI is InChI=1S/C14H17N3O.2C2H6/c1-2-16-11-7-4-3-6-10(11)13-12(16)8-5-9-17(13)14(15)18;2*1-2/h3-4,6-7H,2,5,8-9H2,1H3,(H2,15,18);2*1-2H3. The zero-order valence-electron chi connectivity index (χ0n) is 14.5. The fourth-order valence-corrected chi connectivity index (χ4v) is 2.99. The zero-order valence-corrected chi connectivity index (χ0v) is 14.5. The molecule has 0 atom stereocenters. The predicted octanol–water partition coefficient (Wildman–Crippen LogP) is 4.54. The van der Waals surface area contributed by atoms with E-state index in [1.165, 1.54) is 11.2 Å². The summed E-state index contributed by atoms with van der Waals surface area (Å²) in [5.41, 5.74) is 8.95. The quantitative estimate of drug-likeness (QED) is 0.826. The Balaban J connectivity index is 0.000000561. The highest BCUT2D eigenvalue weighted by Crippen LogP contribution is 2.37. The molecular weight excluding hydrogens is 274 g/mol. The molecule has 1 aliphatic rings. The maximum absolute atomic E-state index is 11.6. The van der Waals surface area contributed by atoms with E-state index >= 15 is 0 Å². The Labute approximate surface area is 133 Å². The third kappa shape index (κ3) is 3.11. The SMILES string of the molecule is CC.CC.CCn1c2c(c3ccccc31)N(C(N)=O)CCC2. The van der Waals surface area contributed by atoms with Gasteiger partial charge in [-0.25, -0.2) is 4.79 Å². The average molecular weight is 303 g/mol. The summed E-state index contributed by atoms with van der Waals surface area (Å²) in [7, 11) is 0. The van der Waals surface area contributed by atoms with Crippen LogP contribution in [0.4, 0.5) is 10.5 Å². The molecule has 1 aromatic carbocycles. The number of aromatic nitrogens is 1. The Bertz CT molecular complexity index is 616. The monoisotopic (exact) mass is 303 g/mol. The number of hydrogen-bond acceptors (Lipinski definition) is 1. The summed E-state index contributed by atoms with van der Waals surface area (Å²) >= 11 is 0. The number of anilines is 1. The van der Waals surface area contributed by atoms with Crippen molar-refractivity contribution in [3.05, 3.63) is 30.0 Å². The van der Waals surface area contributed by atoms with Crippen molar-refractivity contribution in [3.63, 3.8) is 0 Å². The third-order valence-electron chi connectivity index (χ3n) is 3.70. The molecule has 2 heterocycles. The number of rotatable bonds is 1. The number of hydrogen-bond donors (Lipinski definition) is 1. The number of urea groups is 1. The van der Waals surface area contributed by atoms with Gasteiger partial charge in [0, 0.05) is 24.2 Å². The molecule has 0 radical (unpaired) electrons. The number of benzene rings is 1. The van der Waals surface area contributed by atoms with Crippen LogP contribution in [0.3, 0.4) is 0 Å².